The Balaban J connectivity index is 1.37. The largest absolute Gasteiger partial charge is 0.451 e. The van der Waals surface area contributed by atoms with E-state index in [0.717, 1.165) is 17.2 Å². The monoisotopic (exact) mass is 657 g/mol. The number of nitrogens with one attached hydrogen (secondary N) is 3. The number of nitrogens with zero attached hydrogens (tertiary/aromatic N) is 3. The van der Waals surface area contributed by atoms with Gasteiger partial charge in [0.2, 0.25) is 5.43 Å². The third-order valence-corrected chi connectivity index (χ3v) is 8.38. The van der Waals surface area contributed by atoms with Crippen LogP contribution in [-0.2, 0) is 4.74 Å². The van der Waals surface area contributed by atoms with Gasteiger partial charge in [0.05, 0.1) is 17.1 Å². The fourth-order valence-electron chi connectivity index (χ4n) is 6.14. The zero-order valence-corrected chi connectivity index (χ0v) is 27.5. The van der Waals surface area contributed by atoms with Crippen LogP contribution in [0.5, 0.6) is 11.5 Å². The van der Waals surface area contributed by atoms with Gasteiger partial charge >= 0.3 is 6.09 Å². The first-order valence-electron chi connectivity index (χ1n) is 16.0. The molecule has 0 aliphatic carbocycles. The minimum Gasteiger partial charge on any atom is -0.451 e. The van der Waals surface area contributed by atoms with Crippen molar-refractivity contribution >= 4 is 45.3 Å². The van der Waals surface area contributed by atoms with Gasteiger partial charge in [-0.05, 0) is 69.0 Å². The molecule has 6 rings (SSSR count). The summed E-state index contributed by atoms with van der Waals surface area (Å²) in [6, 6.07) is 12.4. The Hall–Kier alpha value is -5.33. The predicted octanol–water partition coefficient (Wildman–Crippen LogP) is 4.54. The van der Waals surface area contributed by atoms with Gasteiger partial charge in [0, 0.05) is 39.4 Å². The lowest BCUT2D eigenvalue weighted by molar-refractivity contribution is 0.0508. The van der Waals surface area contributed by atoms with Crippen LogP contribution in [0, 0.1) is 5.82 Å². The lowest BCUT2D eigenvalue weighted by Crippen LogP contribution is -2.40. The zero-order chi connectivity index (χ0) is 34.2. The Morgan fingerprint density at radius 2 is 1.81 bits per heavy atom. The maximum absolute atomic E-state index is 16.2. The molecule has 0 radical (unpaired) electrons. The first-order valence-corrected chi connectivity index (χ1v) is 16.0. The van der Waals surface area contributed by atoms with E-state index in [9.17, 15) is 14.4 Å². The summed E-state index contributed by atoms with van der Waals surface area (Å²) >= 11 is 0. The first-order chi connectivity index (χ1) is 22.9. The molecule has 3 aromatic carbocycles. The third-order valence-electron chi connectivity index (χ3n) is 8.38. The van der Waals surface area contributed by atoms with E-state index in [2.05, 4.69) is 20.9 Å². The molecule has 0 unspecified atom stereocenters. The van der Waals surface area contributed by atoms with Gasteiger partial charge in [-0.3, -0.25) is 14.6 Å². The van der Waals surface area contributed by atoms with Gasteiger partial charge in [-0.15, -0.1) is 0 Å². The summed E-state index contributed by atoms with van der Waals surface area (Å²) in [7, 11) is 1.59. The number of anilines is 1. The molecular formula is C35H40FN7O5. The second-order valence-electron chi connectivity index (χ2n) is 13.0. The maximum atomic E-state index is 16.2. The highest BCUT2D eigenvalue weighted by atomic mass is 19.1. The van der Waals surface area contributed by atoms with Crippen molar-refractivity contribution in [1.82, 2.24) is 20.5 Å². The van der Waals surface area contributed by atoms with Gasteiger partial charge in [0.15, 0.2) is 23.3 Å². The summed E-state index contributed by atoms with van der Waals surface area (Å²) in [5.41, 5.74) is 5.45. The number of halogens is 1. The fraction of sp³-hybridized carbons (Fsp3) is 0.371. The SMILES string of the molecule is CN=C(N)NCCCCNC(=O)c1cn2c3c(c(N4CC[C@@H](NC(=O)OC(C)(C)C)C4)c(F)cc3c1=O)Oc1cc3ccccc3cc1-2. The molecule has 0 saturated carbocycles. The lowest BCUT2D eigenvalue weighted by Gasteiger charge is -2.29. The number of hydrogen-bond donors (Lipinski definition) is 4. The molecule has 5 N–H and O–H groups in total. The van der Waals surface area contributed by atoms with Gasteiger partial charge < -0.3 is 40.6 Å². The zero-order valence-electron chi connectivity index (χ0n) is 27.5. The number of alkyl carbamates (subject to hydrolysis) is 1. The van der Waals surface area contributed by atoms with Crippen LogP contribution >= 0.6 is 0 Å². The van der Waals surface area contributed by atoms with Crippen LogP contribution in [0.15, 0.2) is 58.4 Å². The quantitative estimate of drug-likeness (QED) is 0.108. The number of pyridine rings is 1. The van der Waals surface area contributed by atoms with E-state index in [1.807, 2.05) is 41.3 Å². The number of ether oxygens (including phenoxy) is 2. The highest BCUT2D eigenvalue weighted by Crippen LogP contribution is 2.48. The number of guanidine groups is 1. The molecule has 0 spiro atoms. The van der Waals surface area contributed by atoms with Crippen molar-refractivity contribution in [3.8, 4) is 17.2 Å². The molecule has 2 amide bonds. The average Bonchev–Trinajstić information content (AvgIpc) is 3.49. The van der Waals surface area contributed by atoms with E-state index in [1.165, 1.54) is 12.3 Å². The number of nitrogens with two attached hydrogens (primary N) is 1. The van der Waals surface area contributed by atoms with Crippen LogP contribution in [-0.4, -0.2) is 67.4 Å². The van der Waals surface area contributed by atoms with Crippen molar-refractivity contribution in [3.63, 3.8) is 0 Å². The Labute approximate surface area is 277 Å². The van der Waals surface area contributed by atoms with Crippen LogP contribution in [0.25, 0.3) is 27.4 Å². The molecule has 0 bridgehead atoms. The highest BCUT2D eigenvalue weighted by Gasteiger charge is 2.34. The second-order valence-corrected chi connectivity index (χ2v) is 13.0. The number of aromatic nitrogens is 1. The maximum Gasteiger partial charge on any atom is 0.407 e. The summed E-state index contributed by atoms with van der Waals surface area (Å²) in [6.07, 6.45) is 2.88. The van der Waals surface area contributed by atoms with E-state index in [4.69, 9.17) is 15.2 Å². The minimum atomic E-state index is -0.664. The summed E-state index contributed by atoms with van der Waals surface area (Å²) < 4.78 is 29.9. The van der Waals surface area contributed by atoms with Crippen molar-refractivity contribution in [2.75, 3.05) is 38.1 Å². The number of carbonyl (C=O) groups excluding carboxylic acids is 2. The average molecular weight is 658 g/mol. The molecule has 1 saturated heterocycles. The smallest absolute Gasteiger partial charge is 0.407 e. The summed E-state index contributed by atoms with van der Waals surface area (Å²) in [4.78, 5) is 45.4. The van der Waals surface area contributed by atoms with Crippen molar-refractivity contribution < 1.29 is 23.5 Å². The van der Waals surface area contributed by atoms with Gasteiger partial charge in [-0.2, -0.15) is 0 Å². The molecule has 12 nitrogen and oxygen atoms in total. The Morgan fingerprint density at radius 1 is 1.10 bits per heavy atom. The molecule has 252 valence electrons. The Bertz CT molecular complexity index is 2000. The summed E-state index contributed by atoms with van der Waals surface area (Å²) in [5.74, 6) is -0.246. The number of fused-ring (bicyclic) bond motifs is 3. The molecular weight excluding hydrogens is 617 g/mol. The van der Waals surface area contributed by atoms with Gasteiger partial charge in [0.25, 0.3) is 5.91 Å². The van der Waals surface area contributed by atoms with Gasteiger partial charge in [-0.25, -0.2) is 9.18 Å². The molecule has 1 fully saturated rings. The number of unbranched alkanes of at least 4 members (excludes halogenated alkanes) is 1. The second kappa shape index (κ2) is 13.1. The molecule has 13 heteroatoms. The van der Waals surface area contributed by atoms with Crippen LogP contribution in [0.2, 0.25) is 0 Å². The van der Waals surface area contributed by atoms with Gasteiger partial charge in [0.1, 0.15) is 22.4 Å². The number of amides is 2. The lowest BCUT2D eigenvalue weighted by atomic mass is 10.0. The van der Waals surface area contributed by atoms with Crippen LogP contribution in [0.3, 0.4) is 0 Å². The van der Waals surface area contributed by atoms with Crippen molar-refractivity contribution in [3.05, 3.63) is 70.3 Å². The third kappa shape index (κ3) is 6.57. The topological polar surface area (TPSA) is 152 Å². The van der Waals surface area contributed by atoms with Crippen molar-refractivity contribution in [1.29, 1.82) is 0 Å². The first kappa shape index (κ1) is 32.6. The number of carbonyl (C=O) groups is 2. The molecule has 2 aliphatic heterocycles. The summed E-state index contributed by atoms with van der Waals surface area (Å²) in [6.45, 7) is 7.02. The number of hydrogen-bond acceptors (Lipinski definition) is 7. The fourth-order valence-corrected chi connectivity index (χ4v) is 6.14. The van der Waals surface area contributed by atoms with E-state index < -0.39 is 28.8 Å². The number of rotatable bonds is 8. The Kier molecular flexibility index (Phi) is 8.87. The van der Waals surface area contributed by atoms with Crippen LogP contribution < -0.4 is 36.7 Å². The Morgan fingerprint density at radius 3 is 2.52 bits per heavy atom. The predicted molar refractivity (Wildman–Crippen MR) is 184 cm³/mol. The van der Waals surface area contributed by atoms with E-state index in [-0.39, 0.29) is 28.4 Å². The van der Waals surface area contributed by atoms with Crippen molar-refractivity contribution in [2.45, 2.75) is 51.7 Å². The standard InChI is InChI=1S/C35H40FN7O5/c1-35(2,3)48-34(46)41-22-11-14-42(18-22)29-25(36)17-23-28-31(29)47-27-16-21-10-6-5-9-20(21)15-26(27)43(28)19-24(30(23)44)32(45)39-12-7-8-13-40-33(37)38-4/h5-6,9-10,15-17,19,22H,7-8,11-14,18H2,1-4H3,(H,39,45)(H,41,46)(H3,37,38,40)/t22-/m1/s1. The van der Waals surface area contributed by atoms with Crippen LogP contribution in [0.4, 0.5) is 14.9 Å². The van der Waals surface area contributed by atoms with Crippen LogP contribution in [0.1, 0.15) is 50.4 Å². The van der Waals surface area contributed by atoms with Crippen molar-refractivity contribution in [2.24, 2.45) is 10.7 Å². The number of benzene rings is 3. The molecule has 3 heterocycles. The molecule has 4 aromatic rings. The molecule has 1 atom stereocenters. The normalized spacial score (nSPS) is 15.6. The van der Waals surface area contributed by atoms with E-state index in [1.54, 1.807) is 32.4 Å². The van der Waals surface area contributed by atoms with E-state index >= 15 is 4.39 Å². The van der Waals surface area contributed by atoms with E-state index in [0.29, 0.717) is 61.9 Å². The molecule has 1 aromatic heterocycles. The van der Waals surface area contributed by atoms with Gasteiger partial charge in [-0.1, -0.05) is 24.3 Å². The summed E-state index contributed by atoms with van der Waals surface area (Å²) in [5, 5.41) is 10.5. The molecule has 2 aliphatic rings. The minimum absolute atomic E-state index is 0.0267. The highest BCUT2D eigenvalue weighted by molar-refractivity contribution is 6.02. The number of aliphatic imine (C=N–C) groups is 1. The molecule has 48 heavy (non-hydrogen) atoms.